The first-order valence-corrected chi connectivity index (χ1v) is 7.03. The van der Waals surface area contributed by atoms with E-state index in [4.69, 9.17) is 16.9 Å². The summed E-state index contributed by atoms with van der Waals surface area (Å²) in [6.45, 7) is 2.41. The van der Waals surface area contributed by atoms with Gasteiger partial charge < -0.3 is 5.32 Å². The minimum absolute atomic E-state index is 0.381. The number of hydrogen-bond donors (Lipinski definition) is 1. The minimum Gasteiger partial charge on any atom is -0.366 e. The third kappa shape index (κ3) is 3.58. The van der Waals surface area contributed by atoms with E-state index in [-0.39, 0.29) is 0 Å². The highest BCUT2D eigenvalue weighted by molar-refractivity contribution is 9.10. The van der Waals surface area contributed by atoms with Crippen LogP contribution >= 0.6 is 27.5 Å². The van der Waals surface area contributed by atoms with Gasteiger partial charge in [0.25, 0.3) is 0 Å². The number of anilines is 1. The lowest BCUT2D eigenvalue weighted by Crippen LogP contribution is -2.39. The van der Waals surface area contributed by atoms with Crippen molar-refractivity contribution in [3.05, 3.63) is 21.8 Å². The number of nitriles is 1. The highest BCUT2D eigenvalue weighted by Gasteiger charge is 2.19. The molecule has 0 spiro atoms. The lowest BCUT2D eigenvalue weighted by molar-refractivity contribution is 0.242. The Hall–Kier alpha value is -0.830. The molecule has 6 heteroatoms. The third-order valence-electron chi connectivity index (χ3n) is 3.03. The van der Waals surface area contributed by atoms with Gasteiger partial charge in [-0.15, -0.1) is 0 Å². The van der Waals surface area contributed by atoms with Crippen LogP contribution in [0.25, 0.3) is 0 Å². The highest BCUT2D eigenvalue weighted by atomic mass is 79.9. The van der Waals surface area contributed by atoms with Gasteiger partial charge in [-0.1, -0.05) is 11.6 Å². The van der Waals surface area contributed by atoms with Crippen LogP contribution in [0.3, 0.4) is 0 Å². The lowest BCUT2D eigenvalue weighted by atomic mass is 10.1. The molecule has 0 bridgehead atoms. The standard InChI is InChI=1S/C12H14BrClN4/c13-9-7-11(14)12(16-8-9)17-10-1-4-18(5-2-10)6-3-15/h7-8,10H,1-2,4-6H2,(H,16,17). The average molecular weight is 330 g/mol. The number of piperidine rings is 1. The topological polar surface area (TPSA) is 52.0 Å². The maximum atomic E-state index is 8.64. The van der Waals surface area contributed by atoms with Crippen molar-refractivity contribution in [2.45, 2.75) is 18.9 Å². The van der Waals surface area contributed by atoms with E-state index < -0.39 is 0 Å². The van der Waals surface area contributed by atoms with Crippen LogP contribution in [0.4, 0.5) is 5.82 Å². The van der Waals surface area contributed by atoms with E-state index in [9.17, 15) is 0 Å². The second-order valence-electron chi connectivity index (χ2n) is 4.34. The number of hydrogen-bond acceptors (Lipinski definition) is 4. The maximum absolute atomic E-state index is 8.64. The van der Waals surface area contributed by atoms with Gasteiger partial charge in [0.05, 0.1) is 17.6 Å². The largest absolute Gasteiger partial charge is 0.366 e. The van der Waals surface area contributed by atoms with Crippen LogP contribution in [0, 0.1) is 11.3 Å². The monoisotopic (exact) mass is 328 g/mol. The molecule has 4 nitrogen and oxygen atoms in total. The van der Waals surface area contributed by atoms with Crippen molar-refractivity contribution in [1.29, 1.82) is 5.26 Å². The molecule has 0 aromatic carbocycles. The zero-order valence-electron chi connectivity index (χ0n) is 9.87. The number of nitrogens with zero attached hydrogens (tertiary/aromatic N) is 3. The van der Waals surface area contributed by atoms with E-state index in [1.165, 1.54) is 0 Å². The molecule has 2 rings (SSSR count). The van der Waals surface area contributed by atoms with Crippen molar-refractivity contribution in [3.63, 3.8) is 0 Å². The summed E-state index contributed by atoms with van der Waals surface area (Å²) < 4.78 is 0.877. The minimum atomic E-state index is 0.381. The normalized spacial score (nSPS) is 17.4. The van der Waals surface area contributed by atoms with Crippen molar-refractivity contribution in [2.75, 3.05) is 25.0 Å². The van der Waals surface area contributed by atoms with Crippen LogP contribution in [-0.4, -0.2) is 35.6 Å². The first kappa shape index (κ1) is 13.6. The van der Waals surface area contributed by atoms with Gasteiger partial charge in [-0.3, -0.25) is 4.90 Å². The van der Waals surface area contributed by atoms with Gasteiger partial charge in [0, 0.05) is 29.8 Å². The van der Waals surface area contributed by atoms with Crippen LogP contribution in [0.2, 0.25) is 5.02 Å². The summed E-state index contributed by atoms with van der Waals surface area (Å²) in [5.74, 6) is 0.735. The Bertz CT molecular complexity index is 452. The number of nitrogens with one attached hydrogen (secondary N) is 1. The van der Waals surface area contributed by atoms with E-state index in [0.717, 1.165) is 36.2 Å². The fourth-order valence-corrected chi connectivity index (χ4v) is 2.73. The van der Waals surface area contributed by atoms with Gasteiger partial charge in [0.1, 0.15) is 5.82 Å². The molecule has 1 aliphatic heterocycles. The average Bonchev–Trinajstić information content (AvgIpc) is 2.35. The van der Waals surface area contributed by atoms with E-state index in [1.807, 2.05) is 6.07 Å². The van der Waals surface area contributed by atoms with Crippen LogP contribution in [-0.2, 0) is 0 Å². The van der Waals surface area contributed by atoms with Crippen molar-refractivity contribution in [2.24, 2.45) is 0 Å². The maximum Gasteiger partial charge on any atom is 0.145 e. The second-order valence-corrected chi connectivity index (χ2v) is 5.66. The van der Waals surface area contributed by atoms with Crippen LogP contribution in [0.5, 0.6) is 0 Å². The van der Waals surface area contributed by atoms with Crippen molar-refractivity contribution < 1.29 is 0 Å². The summed E-state index contributed by atoms with van der Waals surface area (Å²) in [6, 6.07) is 4.40. The number of halogens is 2. The Morgan fingerprint density at radius 2 is 2.28 bits per heavy atom. The molecule has 96 valence electrons. The molecule has 18 heavy (non-hydrogen) atoms. The number of aromatic nitrogens is 1. The molecule has 1 saturated heterocycles. The highest BCUT2D eigenvalue weighted by Crippen LogP contribution is 2.25. The Balaban J connectivity index is 1.90. The molecule has 0 atom stereocenters. The van der Waals surface area contributed by atoms with Gasteiger partial charge in [-0.05, 0) is 34.8 Å². The number of likely N-dealkylation sites (tertiary alicyclic amines) is 1. The van der Waals surface area contributed by atoms with Crippen molar-refractivity contribution in [1.82, 2.24) is 9.88 Å². The van der Waals surface area contributed by atoms with Gasteiger partial charge in [0.15, 0.2) is 0 Å². The van der Waals surface area contributed by atoms with E-state index in [2.05, 4.69) is 37.2 Å². The summed E-state index contributed by atoms with van der Waals surface area (Å²) in [6.07, 6.45) is 3.75. The number of pyridine rings is 1. The molecular formula is C12H14BrClN4. The Morgan fingerprint density at radius 3 is 2.89 bits per heavy atom. The molecule has 1 aromatic heterocycles. The zero-order chi connectivity index (χ0) is 13.0. The molecule has 0 amide bonds. The van der Waals surface area contributed by atoms with E-state index >= 15 is 0 Å². The molecule has 1 aromatic rings. The predicted octanol–water partition coefficient (Wildman–Crippen LogP) is 2.90. The Kier molecular flexibility index (Phi) is 4.81. The zero-order valence-corrected chi connectivity index (χ0v) is 12.2. The molecule has 1 N–H and O–H groups in total. The molecule has 1 aliphatic rings. The molecule has 2 heterocycles. The first-order valence-electron chi connectivity index (χ1n) is 5.86. The molecule has 0 unspecified atom stereocenters. The van der Waals surface area contributed by atoms with Gasteiger partial charge in [-0.25, -0.2) is 4.98 Å². The summed E-state index contributed by atoms with van der Waals surface area (Å²) >= 11 is 9.45. The molecule has 1 fully saturated rings. The molecule has 0 radical (unpaired) electrons. The fraction of sp³-hybridized carbons (Fsp3) is 0.500. The molecular weight excluding hydrogens is 316 g/mol. The smallest absolute Gasteiger partial charge is 0.145 e. The summed E-state index contributed by atoms with van der Waals surface area (Å²) in [5, 5.41) is 12.6. The first-order chi connectivity index (χ1) is 8.69. The van der Waals surface area contributed by atoms with Crippen LogP contribution in [0.1, 0.15) is 12.8 Å². The Morgan fingerprint density at radius 1 is 1.56 bits per heavy atom. The third-order valence-corrected chi connectivity index (χ3v) is 3.75. The fourth-order valence-electron chi connectivity index (χ4n) is 2.05. The lowest BCUT2D eigenvalue weighted by Gasteiger charge is -2.31. The number of rotatable bonds is 3. The summed E-state index contributed by atoms with van der Waals surface area (Å²) in [7, 11) is 0. The molecule has 0 saturated carbocycles. The van der Waals surface area contributed by atoms with Gasteiger partial charge in [0.2, 0.25) is 0 Å². The van der Waals surface area contributed by atoms with Crippen molar-refractivity contribution in [3.8, 4) is 6.07 Å². The summed E-state index contributed by atoms with van der Waals surface area (Å²) in [5.41, 5.74) is 0. The Labute approximate surface area is 120 Å². The molecule has 0 aliphatic carbocycles. The second kappa shape index (κ2) is 6.37. The SMILES string of the molecule is N#CCN1CCC(Nc2ncc(Br)cc2Cl)CC1. The summed E-state index contributed by atoms with van der Waals surface area (Å²) in [4.78, 5) is 6.43. The van der Waals surface area contributed by atoms with Gasteiger partial charge in [-0.2, -0.15) is 5.26 Å². The van der Waals surface area contributed by atoms with Crippen LogP contribution < -0.4 is 5.32 Å². The van der Waals surface area contributed by atoms with Crippen molar-refractivity contribution >= 4 is 33.3 Å². The van der Waals surface area contributed by atoms with Gasteiger partial charge >= 0.3 is 0 Å². The van der Waals surface area contributed by atoms with E-state index in [0.29, 0.717) is 17.6 Å². The predicted molar refractivity (Wildman–Crippen MR) is 75.6 cm³/mol. The quantitative estimate of drug-likeness (QED) is 0.866. The van der Waals surface area contributed by atoms with E-state index in [1.54, 1.807) is 6.20 Å². The van der Waals surface area contributed by atoms with Crippen LogP contribution in [0.15, 0.2) is 16.7 Å².